The summed E-state index contributed by atoms with van der Waals surface area (Å²) in [6, 6.07) is 10.2. The fourth-order valence-electron chi connectivity index (χ4n) is 2.53. The van der Waals surface area contributed by atoms with Gasteiger partial charge >= 0.3 is 6.18 Å². The van der Waals surface area contributed by atoms with Gasteiger partial charge < -0.3 is 10.1 Å². The number of ether oxygens (including phenoxy) is 1. The van der Waals surface area contributed by atoms with Gasteiger partial charge in [0.1, 0.15) is 5.75 Å². The zero-order chi connectivity index (χ0) is 21.0. The Morgan fingerprint density at radius 1 is 1.24 bits per heavy atom. The summed E-state index contributed by atoms with van der Waals surface area (Å²) in [7, 11) is 1.57. The average Bonchev–Trinajstić information content (AvgIpc) is 3.02. The average molecular weight is 442 g/mol. The highest BCUT2D eigenvalue weighted by molar-refractivity contribution is 8.15. The minimum atomic E-state index is -4.48. The van der Waals surface area contributed by atoms with Crippen molar-refractivity contribution >= 4 is 40.7 Å². The SMILES string of the molecule is COc1ccc(C=N/N=C2\NC(=O)C(Cc3cc(C(F)(F)F)ccc3Cl)S2)cc1. The first-order valence-electron chi connectivity index (χ1n) is 8.34. The molecule has 1 aliphatic rings. The van der Waals surface area contributed by atoms with Crippen molar-refractivity contribution in [3.8, 4) is 5.75 Å². The molecule has 0 aliphatic carbocycles. The molecule has 10 heteroatoms. The number of amides is 1. The number of carbonyl (C=O) groups is 1. The zero-order valence-electron chi connectivity index (χ0n) is 15.0. The fraction of sp³-hybridized carbons (Fsp3) is 0.211. The van der Waals surface area contributed by atoms with E-state index in [1.165, 1.54) is 12.3 Å². The first-order valence-corrected chi connectivity index (χ1v) is 9.60. The first kappa shape index (κ1) is 21.2. The highest BCUT2D eigenvalue weighted by atomic mass is 35.5. The van der Waals surface area contributed by atoms with Crippen LogP contribution in [-0.2, 0) is 17.4 Å². The second-order valence-corrected chi connectivity index (χ2v) is 7.63. The number of amidine groups is 1. The standard InChI is InChI=1S/C19H15ClF3N3O2S/c1-28-14-5-2-11(3-6-14)10-24-26-18-25-17(27)16(29-18)9-12-8-13(19(21,22)23)4-7-15(12)20/h2-8,10,16H,9H2,1H3,(H,25,26,27). The summed E-state index contributed by atoms with van der Waals surface area (Å²) >= 11 is 7.10. The third kappa shape index (κ3) is 5.51. The molecule has 0 spiro atoms. The molecular formula is C19H15ClF3N3O2S. The monoisotopic (exact) mass is 441 g/mol. The molecular weight excluding hydrogens is 427 g/mol. The van der Waals surface area contributed by atoms with Crippen LogP contribution in [-0.4, -0.2) is 29.6 Å². The van der Waals surface area contributed by atoms with E-state index in [1.807, 2.05) is 0 Å². The first-order chi connectivity index (χ1) is 13.8. The predicted octanol–water partition coefficient (Wildman–Crippen LogP) is 4.53. The van der Waals surface area contributed by atoms with Crippen LogP contribution in [0.2, 0.25) is 5.02 Å². The van der Waals surface area contributed by atoms with Crippen LogP contribution < -0.4 is 10.1 Å². The number of hydrogen-bond donors (Lipinski definition) is 1. The van der Waals surface area contributed by atoms with Gasteiger partial charge in [0.15, 0.2) is 5.17 Å². The largest absolute Gasteiger partial charge is 0.497 e. The lowest BCUT2D eigenvalue weighted by Crippen LogP contribution is -2.26. The van der Waals surface area contributed by atoms with Gasteiger partial charge in [-0.15, -0.1) is 5.10 Å². The smallest absolute Gasteiger partial charge is 0.416 e. The van der Waals surface area contributed by atoms with Crippen LogP contribution in [0.15, 0.2) is 52.7 Å². The van der Waals surface area contributed by atoms with Crippen LogP contribution in [0.5, 0.6) is 5.75 Å². The number of alkyl halides is 3. The summed E-state index contributed by atoms with van der Waals surface area (Å²) in [5.74, 6) is 0.352. The van der Waals surface area contributed by atoms with Gasteiger partial charge in [-0.05, 0) is 60.0 Å². The lowest BCUT2D eigenvalue weighted by atomic mass is 10.1. The van der Waals surface area contributed by atoms with Crippen molar-refractivity contribution in [2.75, 3.05) is 7.11 Å². The molecule has 1 fully saturated rings. The Morgan fingerprint density at radius 2 is 1.97 bits per heavy atom. The van der Waals surface area contributed by atoms with Gasteiger partial charge in [0.05, 0.1) is 24.1 Å². The molecule has 152 valence electrons. The Kier molecular flexibility index (Phi) is 6.49. The van der Waals surface area contributed by atoms with Crippen LogP contribution in [0.3, 0.4) is 0 Å². The van der Waals surface area contributed by atoms with E-state index in [1.54, 1.807) is 31.4 Å². The van der Waals surface area contributed by atoms with E-state index in [0.29, 0.717) is 5.75 Å². The van der Waals surface area contributed by atoms with E-state index < -0.39 is 17.0 Å². The van der Waals surface area contributed by atoms with Crippen molar-refractivity contribution in [3.05, 3.63) is 64.2 Å². The molecule has 1 amide bonds. The molecule has 1 saturated heterocycles. The fourth-order valence-corrected chi connectivity index (χ4v) is 3.68. The summed E-state index contributed by atoms with van der Waals surface area (Å²) in [5, 5.41) is 10.3. The number of nitrogens with one attached hydrogen (secondary N) is 1. The van der Waals surface area contributed by atoms with Crippen molar-refractivity contribution in [1.82, 2.24) is 5.32 Å². The van der Waals surface area contributed by atoms with Crippen molar-refractivity contribution in [2.45, 2.75) is 17.8 Å². The van der Waals surface area contributed by atoms with Gasteiger partial charge in [-0.3, -0.25) is 4.79 Å². The van der Waals surface area contributed by atoms with E-state index in [9.17, 15) is 18.0 Å². The number of hydrogen-bond acceptors (Lipinski definition) is 5. The van der Waals surface area contributed by atoms with Crippen LogP contribution in [0.1, 0.15) is 16.7 Å². The maximum absolute atomic E-state index is 12.9. The summed E-state index contributed by atoms with van der Waals surface area (Å²) in [5.41, 5.74) is 0.229. The van der Waals surface area contributed by atoms with E-state index in [4.69, 9.17) is 16.3 Å². The van der Waals surface area contributed by atoms with Crippen LogP contribution in [0.4, 0.5) is 13.2 Å². The Morgan fingerprint density at radius 3 is 2.62 bits per heavy atom. The normalized spacial score (nSPS) is 18.4. The number of rotatable bonds is 5. The van der Waals surface area contributed by atoms with E-state index in [2.05, 4.69) is 15.5 Å². The summed E-state index contributed by atoms with van der Waals surface area (Å²) < 4.78 is 43.8. The number of thioether (sulfide) groups is 1. The molecule has 0 saturated carbocycles. The van der Waals surface area contributed by atoms with E-state index >= 15 is 0 Å². The molecule has 0 radical (unpaired) electrons. The quantitative estimate of drug-likeness (QED) is 0.547. The van der Waals surface area contributed by atoms with Gasteiger partial charge in [0.2, 0.25) is 5.91 Å². The Bertz CT molecular complexity index is 962. The second kappa shape index (κ2) is 8.87. The Hall–Kier alpha value is -2.52. The summed E-state index contributed by atoms with van der Waals surface area (Å²) in [6.45, 7) is 0. The lowest BCUT2D eigenvalue weighted by molar-refractivity contribution is -0.137. The topological polar surface area (TPSA) is 63.1 Å². The molecule has 1 atom stereocenters. The third-order valence-corrected chi connectivity index (χ3v) is 5.47. The number of benzene rings is 2. The molecule has 1 aliphatic heterocycles. The lowest BCUT2D eigenvalue weighted by Gasteiger charge is -2.12. The second-order valence-electron chi connectivity index (χ2n) is 6.03. The molecule has 1 heterocycles. The van der Waals surface area contributed by atoms with Gasteiger partial charge in [0.25, 0.3) is 0 Å². The minimum Gasteiger partial charge on any atom is -0.497 e. The predicted molar refractivity (Wildman–Crippen MR) is 108 cm³/mol. The zero-order valence-corrected chi connectivity index (χ0v) is 16.6. The molecule has 2 aromatic rings. The van der Waals surface area contributed by atoms with Gasteiger partial charge in [-0.25, -0.2) is 0 Å². The highest BCUT2D eigenvalue weighted by Gasteiger charge is 2.34. The number of methoxy groups -OCH3 is 1. The van der Waals surface area contributed by atoms with Crippen molar-refractivity contribution in [3.63, 3.8) is 0 Å². The van der Waals surface area contributed by atoms with Crippen LogP contribution >= 0.6 is 23.4 Å². The van der Waals surface area contributed by atoms with Crippen molar-refractivity contribution < 1.29 is 22.7 Å². The van der Waals surface area contributed by atoms with E-state index in [-0.39, 0.29) is 28.1 Å². The van der Waals surface area contributed by atoms with Gasteiger partial charge in [-0.2, -0.15) is 18.3 Å². The molecule has 2 aromatic carbocycles. The molecule has 1 unspecified atom stereocenters. The molecule has 5 nitrogen and oxygen atoms in total. The van der Waals surface area contributed by atoms with E-state index in [0.717, 1.165) is 29.5 Å². The van der Waals surface area contributed by atoms with Gasteiger partial charge in [-0.1, -0.05) is 23.4 Å². The van der Waals surface area contributed by atoms with Crippen LogP contribution in [0.25, 0.3) is 0 Å². The summed E-state index contributed by atoms with van der Waals surface area (Å²) in [4.78, 5) is 12.1. The number of carbonyl (C=O) groups excluding carboxylic acids is 1. The molecule has 0 bridgehead atoms. The molecule has 0 aromatic heterocycles. The molecule has 3 rings (SSSR count). The van der Waals surface area contributed by atoms with Gasteiger partial charge in [0, 0.05) is 5.02 Å². The maximum Gasteiger partial charge on any atom is 0.416 e. The number of halogens is 4. The van der Waals surface area contributed by atoms with Crippen molar-refractivity contribution in [2.24, 2.45) is 10.2 Å². The summed E-state index contributed by atoms with van der Waals surface area (Å²) in [6.07, 6.45) is -2.93. The Labute approximate surface area is 174 Å². The van der Waals surface area contributed by atoms with Crippen molar-refractivity contribution in [1.29, 1.82) is 0 Å². The third-order valence-electron chi connectivity index (χ3n) is 4.03. The van der Waals surface area contributed by atoms with Crippen LogP contribution in [0, 0.1) is 0 Å². The molecule has 29 heavy (non-hydrogen) atoms. The molecule has 1 N–H and O–H groups in total. The minimum absolute atomic E-state index is 0.0421. The number of nitrogens with zero attached hydrogens (tertiary/aromatic N) is 2. The highest BCUT2D eigenvalue weighted by Crippen LogP contribution is 2.33. The Balaban J connectivity index is 1.67. The maximum atomic E-state index is 12.9.